The largest absolute Gasteiger partial charge is 0.386 e. The summed E-state index contributed by atoms with van der Waals surface area (Å²) in [7, 11) is 0. The van der Waals surface area contributed by atoms with E-state index in [1.165, 1.54) is 6.20 Å². The minimum absolute atomic E-state index is 0.153. The van der Waals surface area contributed by atoms with Crippen molar-refractivity contribution in [2.45, 2.75) is 20.3 Å². The Morgan fingerprint density at radius 1 is 1.50 bits per heavy atom. The molecule has 6 heteroatoms. The van der Waals surface area contributed by atoms with Crippen molar-refractivity contribution < 1.29 is 9.66 Å². The molecule has 0 aliphatic carbocycles. The minimum Gasteiger partial charge on any atom is -0.380 e. The Balaban J connectivity index is 2.29. The van der Waals surface area contributed by atoms with Crippen LogP contribution < -0.4 is 5.32 Å². The summed E-state index contributed by atoms with van der Waals surface area (Å²) in [4.78, 5) is 13.9. The van der Waals surface area contributed by atoms with Crippen LogP contribution in [-0.4, -0.2) is 29.7 Å². The van der Waals surface area contributed by atoms with Crippen LogP contribution in [0.25, 0.3) is 0 Å². The highest BCUT2D eigenvalue weighted by atomic mass is 16.6. The van der Waals surface area contributed by atoms with Crippen molar-refractivity contribution in [3.8, 4) is 0 Å². The van der Waals surface area contributed by atoms with E-state index in [0.717, 1.165) is 6.42 Å². The average molecular weight is 253 g/mol. The molecule has 0 aliphatic rings. The predicted molar refractivity (Wildman–Crippen MR) is 69.7 cm³/mol. The molecule has 18 heavy (non-hydrogen) atoms. The second kappa shape index (κ2) is 7.60. The van der Waals surface area contributed by atoms with Crippen molar-refractivity contribution in [2.75, 3.05) is 25.1 Å². The first-order valence-corrected chi connectivity index (χ1v) is 6.02. The lowest BCUT2D eigenvalue weighted by Crippen LogP contribution is -2.12. The molecule has 0 saturated carbocycles. The van der Waals surface area contributed by atoms with Crippen LogP contribution in [0.2, 0.25) is 0 Å². The smallest absolute Gasteiger partial charge is 0.380 e. The maximum Gasteiger partial charge on any atom is 0.386 e. The molecule has 0 amide bonds. The topological polar surface area (TPSA) is 77.3 Å². The highest BCUT2D eigenvalue weighted by Gasteiger charge is 2.12. The zero-order valence-corrected chi connectivity index (χ0v) is 10.8. The maximum absolute atomic E-state index is 10.7. The van der Waals surface area contributed by atoms with E-state index < -0.39 is 4.92 Å². The summed E-state index contributed by atoms with van der Waals surface area (Å²) >= 11 is 0. The molecule has 1 aromatic rings. The standard InChI is InChI=1S/C12H19N3O3/c1-10(2)5-8-18-9-7-13-11-4-3-6-14-12(11)15(16)17/h3-4,6,10,13H,5,7-9H2,1-2H3. The summed E-state index contributed by atoms with van der Waals surface area (Å²) < 4.78 is 5.41. The van der Waals surface area contributed by atoms with Gasteiger partial charge in [0.1, 0.15) is 11.9 Å². The van der Waals surface area contributed by atoms with E-state index in [2.05, 4.69) is 24.1 Å². The van der Waals surface area contributed by atoms with Crippen LogP contribution in [0.5, 0.6) is 0 Å². The number of hydrogen-bond acceptors (Lipinski definition) is 5. The zero-order valence-electron chi connectivity index (χ0n) is 10.8. The van der Waals surface area contributed by atoms with Crippen molar-refractivity contribution in [1.29, 1.82) is 0 Å². The van der Waals surface area contributed by atoms with Crippen LogP contribution in [0.1, 0.15) is 20.3 Å². The molecule has 0 unspecified atom stereocenters. The first kappa shape index (κ1) is 14.4. The first-order valence-electron chi connectivity index (χ1n) is 6.02. The molecule has 1 aromatic heterocycles. The van der Waals surface area contributed by atoms with Crippen LogP contribution in [0.15, 0.2) is 18.3 Å². The Kier molecular flexibility index (Phi) is 6.07. The van der Waals surface area contributed by atoms with E-state index in [4.69, 9.17) is 4.74 Å². The molecule has 0 saturated heterocycles. The van der Waals surface area contributed by atoms with Gasteiger partial charge in [0.25, 0.3) is 0 Å². The van der Waals surface area contributed by atoms with Crippen molar-refractivity contribution in [3.05, 3.63) is 28.4 Å². The summed E-state index contributed by atoms with van der Waals surface area (Å²) in [6, 6.07) is 3.30. The van der Waals surface area contributed by atoms with Gasteiger partial charge in [0.05, 0.1) is 6.61 Å². The number of rotatable bonds is 8. The molecule has 1 rings (SSSR count). The Hall–Kier alpha value is -1.69. The number of nitrogens with one attached hydrogen (secondary N) is 1. The summed E-state index contributed by atoms with van der Waals surface area (Å²) in [6.07, 6.45) is 2.43. The SMILES string of the molecule is CC(C)CCOCCNc1cccnc1[N+](=O)[O-]. The molecule has 0 fully saturated rings. The van der Waals surface area contributed by atoms with E-state index in [9.17, 15) is 10.1 Å². The van der Waals surface area contributed by atoms with E-state index >= 15 is 0 Å². The van der Waals surface area contributed by atoms with Gasteiger partial charge < -0.3 is 20.2 Å². The van der Waals surface area contributed by atoms with Crippen molar-refractivity contribution in [1.82, 2.24) is 4.98 Å². The van der Waals surface area contributed by atoms with Gasteiger partial charge in [0.2, 0.25) is 0 Å². The molecule has 0 bridgehead atoms. The lowest BCUT2D eigenvalue weighted by atomic mass is 10.1. The summed E-state index contributed by atoms with van der Waals surface area (Å²) in [5, 5.41) is 13.7. The van der Waals surface area contributed by atoms with Gasteiger partial charge in [-0.2, -0.15) is 0 Å². The molecule has 0 atom stereocenters. The fourth-order valence-electron chi connectivity index (χ4n) is 1.36. The number of nitro groups is 1. The molecular formula is C12H19N3O3. The van der Waals surface area contributed by atoms with Gasteiger partial charge in [0.15, 0.2) is 0 Å². The molecule has 1 N–H and O–H groups in total. The molecule has 0 aromatic carbocycles. The molecular weight excluding hydrogens is 234 g/mol. The third-order valence-electron chi connectivity index (χ3n) is 2.36. The number of ether oxygens (including phenoxy) is 1. The third-order valence-corrected chi connectivity index (χ3v) is 2.36. The van der Waals surface area contributed by atoms with E-state index in [1.807, 2.05) is 0 Å². The number of pyridine rings is 1. The van der Waals surface area contributed by atoms with E-state index in [1.54, 1.807) is 12.1 Å². The normalized spacial score (nSPS) is 10.6. The lowest BCUT2D eigenvalue weighted by Gasteiger charge is -2.08. The Labute approximate surface area is 107 Å². The van der Waals surface area contributed by atoms with Gasteiger partial charge in [-0.05, 0) is 34.4 Å². The molecule has 0 aliphatic heterocycles. The van der Waals surface area contributed by atoms with Crippen LogP contribution >= 0.6 is 0 Å². The monoisotopic (exact) mass is 253 g/mol. The lowest BCUT2D eigenvalue weighted by molar-refractivity contribution is -0.388. The van der Waals surface area contributed by atoms with Crippen LogP contribution in [-0.2, 0) is 4.74 Å². The highest BCUT2D eigenvalue weighted by Crippen LogP contribution is 2.19. The second-order valence-electron chi connectivity index (χ2n) is 4.35. The molecule has 0 radical (unpaired) electrons. The summed E-state index contributed by atoms with van der Waals surface area (Å²) in [5.74, 6) is 0.469. The number of hydrogen-bond donors (Lipinski definition) is 1. The molecule has 6 nitrogen and oxygen atoms in total. The van der Waals surface area contributed by atoms with Gasteiger partial charge in [-0.1, -0.05) is 13.8 Å². The van der Waals surface area contributed by atoms with E-state index in [-0.39, 0.29) is 5.82 Å². The van der Waals surface area contributed by atoms with Crippen LogP contribution in [0, 0.1) is 16.0 Å². The number of anilines is 1. The predicted octanol–water partition coefficient (Wildman–Crippen LogP) is 2.46. The van der Waals surface area contributed by atoms with Gasteiger partial charge in [-0.3, -0.25) is 0 Å². The summed E-state index contributed by atoms with van der Waals surface area (Å²) in [5.41, 5.74) is 0.426. The fraction of sp³-hybridized carbons (Fsp3) is 0.583. The quantitative estimate of drug-likeness (QED) is 0.437. The van der Waals surface area contributed by atoms with Crippen molar-refractivity contribution in [2.24, 2.45) is 5.92 Å². The third kappa shape index (κ3) is 5.09. The first-order chi connectivity index (χ1) is 8.61. The Morgan fingerprint density at radius 3 is 2.94 bits per heavy atom. The van der Waals surface area contributed by atoms with Gasteiger partial charge in [-0.15, -0.1) is 0 Å². The zero-order chi connectivity index (χ0) is 13.4. The number of aromatic nitrogens is 1. The van der Waals surface area contributed by atoms with Crippen molar-refractivity contribution in [3.63, 3.8) is 0 Å². The van der Waals surface area contributed by atoms with Crippen LogP contribution in [0.3, 0.4) is 0 Å². The van der Waals surface area contributed by atoms with Crippen LogP contribution in [0.4, 0.5) is 11.5 Å². The van der Waals surface area contributed by atoms with Gasteiger partial charge in [0, 0.05) is 13.2 Å². The van der Waals surface area contributed by atoms with Crippen molar-refractivity contribution >= 4 is 11.5 Å². The Morgan fingerprint density at radius 2 is 2.28 bits per heavy atom. The molecule has 1 heterocycles. The van der Waals surface area contributed by atoms with E-state index in [0.29, 0.717) is 31.4 Å². The van der Waals surface area contributed by atoms with Gasteiger partial charge in [-0.25, -0.2) is 0 Å². The highest BCUT2D eigenvalue weighted by molar-refractivity contribution is 5.56. The minimum atomic E-state index is -0.498. The average Bonchev–Trinajstić information content (AvgIpc) is 2.33. The number of nitrogens with zero attached hydrogens (tertiary/aromatic N) is 2. The maximum atomic E-state index is 10.7. The molecule has 100 valence electrons. The fourth-order valence-corrected chi connectivity index (χ4v) is 1.36. The Bertz CT molecular complexity index is 383. The second-order valence-corrected chi connectivity index (χ2v) is 4.35. The molecule has 0 spiro atoms. The summed E-state index contributed by atoms with van der Waals surface area (Å²) in [6.45, 7) is 6.05. The van der Waals surface area contributed by atoms with Gasteiger partial charge >= 0.3 is 5.82 Å².